The lowest BCUT2D eigenvalue weighted by Crippen LogP contribution is -2.43. The summed E-state index contributed by atoms with van der Waals surface area (Å²) < 4.78 is 25.4. The van der Waals surface area contributed by atoms with Crippen LogP contribution in [0.25, 0.3) is 0 Å². The van der Waals surface area contributed by atoms with Crippen molar-refractivity contribution in [3.8, 4) is 5.75 Å². The normalized spacial score (nSPS) is 11.6. The molecule has 0 saturated carbocycles. The van der Waals surface area contributed by atoms with Gasteiger partial charge < -0.3 is 18.9 Å². The molecule has 0 bridgehead atoms. The smallest absolute Gasteiger partial charge is 0.354 e. The third-order valence-corrected chi connectivity index (χ3v) is 6.42. The fourth-order valence-corrected chi connectivity index (χ4v) is 4.43. The Bertz CT molecular complexity index is 1260. The molecule has 3 aromatic rings. The number of rotatable bonds is 9. The highest BCUT2D eigenvalue weighted by Gasteiger charge is 2.33. The largest absolute Gasteiger partial charge is 0.497 e. The maximum atomic E-state index is 13.9. The van der Waals surface area contributed by atoms with Gasteiger partial charge in [0, 0.05) is 29.9 Å². The summed E-state index contributed by atoms with van der Waals surface area (Å²) >= 11 is 0. The van der Waals surface area contributed by atoms with E-state index in [1.165, 1.54) is 31.3 Å². The van der Waals surface area contributed by atoms with E-state index in [9.17, 15) is 18.8 Å². The molecule has 3 rings (SSSR count). The Morgan fingerprint density at radius 2 is 1.61 bits per heavy atom. The number of nitrogens with zero attached hydrogens (tertiary/aromatic N) is 2. The van der Waals surface area contributed by atoms with Crippen LogP contribution in [0.5, 0.6) is 5.75 Å². The van der Waals surface area contributed by atoms with E-state index in [4.69, 9.17) is 9.47 Å². The fourth-order valence-electron chi connectivity index (χ4n) is 4.43. The number of carbonyl (C=O) groups is 3. The van der Waals surface area contributed by atoms with Gasteiger partial charge in [-0.3, -0.25) is 9.59 Å². The van der Waals surface area contributed by atoms with E-state index < -0.39 is 17.8 Å². The first-order chi connectivity index (χ1) is 17.1. The molecule has 0 fully saturated rings. The molecule has 0 aliphatic heterocycles. The lowest BCUT2D eigenvalue weighted by molar-refractivity contribution is 0.0586. The summed E-state index contributed by atoms with van der Waals surface area (Å²) in [7, 11) is 2.83. The lowest BCUT2D eigenvalue weighted by Gasteiger charge is -2.29. The second kappa shape index (κ2) is 11.2. The number of benzene rings is 2. The molecule has 1 atom stereocenters. The van der Waals surface area contributed by atoms with E-state index in [2.05, 4.69) is 0 Å². The average Bonchev–Trinajstić information content (AvgIpc) is 3.15. The standard InChI is InChI=1S/C28H31FN2O5/c1-7-30-18(3)24(17(2)25(30)28(34)36-6)26(32)19(4)31(16-20-8-12-22(29)13-9-20)27(33)21-10-14-23(35-5)15-11-21/h8-15,19H,7,16H2,1-6H3. The van der Waals surface area contributed by atoms with E-state index in [1.807, 2.05) is 6.92 Å². The van der Waals surface area contributed by atoms with Gasteiger partial charge in [0.05, 0.1) is 20.3 Å². The summed E-state index contributed by atoms with van der Waals surface area (Å²) in [5.74, 6) is -0.976. The number of ketones is 1. The number of hydrogen-bond acceptors (Lipinski definition) is 5. The van der Waals surface area contributed by atoms with Crippen LogP contribution in [0, 0.1) is 19.7 Å². The summed E-state index contributed by atoms with van der Waals surface area (Å²) in [5.41, 5.74) is 2.90. The molecule has 36 heavy (non-hydrogen) atoms. The maximum Gasteiger partial charge on any atom is 0.354 e. The molecule has 0 saturated heterocycles. The maximum absolute atomic E-state index is 13.9. The quantitative estimate of drug-likeness (QED) is 0.310. The first-order valence-corrected chi connectivity index (χ1v) is 11.7. The first kappa shape index (κ1) is 26.7. The van der Waals surface area contributed by atoms with Gasteiger partial charge in [0.1, 0.15) is 17.3 Å². The fraction of sp³-hybridized carbons (Fsp3) is 0.321. The van der Waals surface area contributed by atoms with Crippen LogP contribution in [-0.2, 0) is 17.8 Å². The second-order valence-electron chi connectivity index (χ2n) is 8.50. The average molecular weight is 495 g/mol. The summed E-state index contributed by atoms with van der Waals surface area (Å²) in [6.45, 7) is 7.59. The Morgan fingerprint density at radius 3 is 2.14 bits per heavy atom. The van der Waals surface area contributed by atoms with Gasteiger partial charge in [0.25, 0.3) is 5.91 Å². The van der Waals surface area contributed by atoms with E-state index in [0.29, 0.717) is 45.9 Å². The summed E-state index contributed by atoms with van der Waals surface area (Å²) in [6.07, 6.45) is 0. The molecule has 1 heterocycles. The Morgan fingerprint density at radius 1 is 1.00 bits per heavy atom. The van der Waals surface area contributed by atoms with Crippen molar-refractivity contribution in [1.82, 2.24) is 9.47 Å². The molecular formula is C28H31FN2O5. The van der Waals surface area contributed by atoms with Crippen molar-refractivity contribution in [3.63, 3.8) is 0 Å². The van der Waals surface area contributed by atoms with Gasteiger partial charge in [-0.2, -0.15) is 0 Å². The molecular weight excluding hydrogens is 463 g/mol. The number of methoxy groups -OCH3 is 2. The molecule has 8 heteroatoms. The van der Waals surface area contributed by atoms with E-state index in [0.717, 1.165) is 0 Å². The van der Waals surface area contributed by atoms with Crippen LogP contribution in [0.15, 0.2) is 48.5 Å². The molecule has 0 aliphatic carbocycles. The molecule has 190 valence electrons. The Labute approximate surface area is 210 Å². The number of halogens is 1. The zero-order valence-corrected chi connectivity index (χ0v) is 21.4. The van der Waals surface area contributed by atoms with Gasteiger partial charge in [-0.1, -0.05) is 12.1 Å². The minimum atomic E-state index is -0.875. The minimum absolute atomic E-state index is 0.0918. The van der Waals surface area contributed by atoms with Crippen molar-refractivity contribution in [1.29, 1.82) is 0 Å². The van der Waals surface area contributed by atoms with Crippen molar-refractivity contribution < 1.29 is 28.2 Å². The summed E-state index contributed by atoms with van der Waals surface area (Å²) in [6, 6.07) is 11.5. The van der Waals surface area contributed by atoms with Gasteiger partial charge in [0.2, 0.25) is 0 Å². The second-order valence-corrected chi connectivity index (χ2v) is 8.50. The number of amides is 1. The number of esters is 1. The SMILES string of the molecule is CCn1c(C)c(C(=O)C(C)N(Cc2ccc(F)cc2)C(=O)c2ccc(OC)cc2)c(C)c1C(=O)OC. The molecule has 1 amide bonds. The van der Waals surface area contributed by atoms with E-state index >= 15 is 0 Å². The van der Waals surface area contributed by atoms with Gasteiger partial charge in [-0.25, -0.2) is 9.18 Å². The van der Waals surface area contributed by atoms with Gasteiger partial charge >= 0.3 is 5.97 Å². The predicted molar refractivity (Wildman–Crippen MR) is 134 cm³/mol. The van der Waals surface area contributed by atoms with Crippen molar-refractivity contribution in [2.45, 2.75) is 46.8 Å². The first-order valence-electron chi connectivity index (χ1n) is 11.7. The molecule has 1 unspecified atom stereocenters. The Kier molecular flexibility index (Phi) is 8.29. The van der Waals surface area contributed by atoms with Gasteiger partial charge in [0.15, 0.2) is 5.78 Å². The van der Waals surface area contributed by atoms with Crippen molar-refractivity contribution in [2.24, 2.45) is 0 Å². The van der Waals surface area contributed by atoms with Crippen LogP contribution in [0.2, 0.25) is 0 Å². The molecule has 7 nitrogen and oxygen atoms in total. The highest BCUT2D eigenvalue weighted by Crippen LogP contribution is 2.27. The molecule has 2 aromatic carbocycles. The number of hydrogen-bond donors (Lipinski definition) is 0. The number of ether oxygens (including phenoxy) is 2. The zero-order chi connectivity index (χ0) is 26.6. The predicted octanol–water partition coefficient (Wildman–Crippen LogP) is 4.97. The van der Waals surface area contributed by atoms with E-state index in [1.54, 1.807) is 61.7 Å². The number of carbonyl (C=O) groups excluding carboxylic acids is 3. The van der Waals surface area contributed by atoms with Crippen molar-refractivity contribution in [2.75, 3.05) is 14.2 Å². The number of aromatic nitrogens is 1. The van der Waals surface area contributed by atoms with Crippen LogP contribution in [-0.4, -0.2) is 47.4 Å². The highest BCUT2D eigenvalue weighted by atomic mass is 19.1. The van der Waals surface area contributed by atoms with E-state index in [-0.39, 0.29) is 18.2 Å². The van der Waals surface area contributed by atoms with Crippen LogP contribution < -0.4 is 4.74 Å². The van der Waals surface area contributed by atoms with Crippen LogP contribution in [0.1, 0.15) is 61.9 Å². The molecule has 1 aromatic heterocycles. The molecule has 0 N–H and O–H groups in total. The van der Waals surface area contributed by atoms with Crippen LogP contribution in [0.3, 0.4) is 0 Å². The van der Waals surface area contributed by atoms with Crippen molar-refractivity contribution in [3.05, 3.63) is 88.0 Å². The number of Topliss-reactive ketones (excluding diaryl/α,β-unsaturated/α-hetero) is 1. The summed E-state index contributed by atoms with van der Waals surface area (Å²) in [4.78, 5) is 41.4. The molecule has 0 radical (unpaired) electrons. The topological polar surface area (TPSA) is 77.8 Å². The van der Waals surface area contributed by atoms with Crippen LogP contribution >= 0.6 is 0 Å². The molecule has 0 spiro atoms. The summed E-state index contributed by atoms with van der Waals surface area (Å²) in [5, 5.41) is 0. The zero-order valence-electron chi connectivity index (χ0n) is 21.4. The van der Waals surface area contributed by atoms with Gasteiger partial charge in [-0.05, 0) is 75.2 Å². The Balaban J connectivity index is 2.05. The Hall–Kier alpha value is -3.94. The minimum Gasteiger partial charge on any atom is -0.497 e. The third kappa shape index (κ3) is 5.17. The van der Waals surface area contributed by atoms with Crippen LogP contribution in [0.4, 0.5) is 4.39 Å². The monoisotopic (exact) mass is 494 g/mol. The lowest BCUT2D eigenvalue weighted by atomic mass is 9.98. The highest BCUT2D eigenvalue weighted by molar-refractivity contribution is 6.07. The molecule has 0 aliphatic rings. The van der Waals surface area contributed by atoms with Gasteiger partial charge in [-0.15, -0.1) is 0 Å². The third-order valence-electron chi connectivity index (χ3n) is 6.42. The van der Waals surface area contributed by atoms with Crippen molar-refractivity contribution >= 4 is 17.7 Å².